The van der Waals surface area contributed by atoms with E-state index in [1.807, 2.05) is 6.07 Å². The Bertz CT molecular complexity index is 373. The molecule has 1 fully saturated rings. The van der Waals surface area contributed by atoms with Crippen molar-refractivity contribution in [2.24, 2.45) is 0 Å². The summed E-state index contributed by atoms with van der Waals surface area (Å²) < 4.78 is 0. The Morgan fingerprint density at radius 3 is 2.31 bits per heavy atom. The molecule has 0 amide bonds. The van der Waals surface area contributed by atoms with Crippen LogP contribution in [-0.2, 0) is 5.41 Å². The van der Waals surface area contributed by atoms with Gasteiger partial charge in [-0.1, -0.05) is 32.9 Å². The molecule has 0 radical (unpaired) electrons. The first-order chi connectivity index (χ1) is 7.50. The highest BCUT2D eigenvalue weighted by Crippen LogP contribution is 2.39. The van der Waals surface area contributed by atoms with Gasteiger partial charge in [-0.25, -0.2) is 0 Å². The van der Waals surface area contributed by atoms with E-state index >= 15 is 0 Å². The highest BCUT2D eigenvalue weighted by molar-refractivity contribution is 5.65. The van der Waals surface area contributed by atoms with Gasteiger partial charge in [0.05, 0.1) is 5.69 Å². The van der Waals surface area contributed by atoms with Crippen molar-refractivity contribution in [3.05, 3.63) is 23.8 Å². The number of nitrogens with zero attached hydrogens (tertiary/aromatic N) is 1. The average Bonchev–Trinajstić information content (AvgIpc) is 2.68. The first-order valence-corrected chi connectivity index (χ1v) is 6.07. The second kappa shape index (κ2) is 4.00. The molecular formula is C14H21NO. The van der Waals surface area contributed by atoms with Gasteiger partial charge in [-0.3, -0.25) is 0 Å². The van der Waals surface area contributed by atoms with Crippen molar-refractivity contribution in [1.82, 2.24) is 0 Å². The maximum Gasteiger partial charge on any atom is 0.139 e. The van der Waals surface area contributed by atoms with E-state index in [-0.39, 0.29) is 5.41 Å². The molecule has 1 aromatic carbocycles. The lowest BCUT2D eigenvalue weighted by Gasteiger charge is -2.29. The molecule has 0 spiro atoms. The summed E-state index contributed by atoms with van der Waals surface area (Å²) in [6.45, 7) is 8.73. The molecule has 0 atom stereocenters. The molecule has 2 heteroatoms. The number of hydrogen-bond acceptors (Lipinski definition) is 2. The first-order valence-electron chi connectivity index (χ1n) is 6.07. The average molecular weight is 219 g/mol. The lowest BCUT2D eigenvalue weighted by Crippen LogP contribution is -2.23. The number of anilines is 1. The molecule has 1 aromatic rings. The van der Waals surface area contributed by atoms with Gasteiger partial charge in [0.1, 0.15) is 5.75 Å². The molecule has 0 bridgehead atoms. The highest BCUT2D eigenvalue weighted by Gasteiger charge is 2.25. The normalized spacial score (nSPS) is 16.8. The zero-order valence-corrected chi connectivity index (χ0v) is 10.5. The van der Waals surface area contributed by atoms with Crippen LogP contribution in [0.4, 0.5) is 5.69 Å². The first kappa shape index (κ1) is 11.3. The second-order valence-corrected chi connectivity index (χ2v) is 5.62. The van der Waals surface area contributed by atoms with Crippen LogP contribution < -0.4 is 4.90 Å². The van der Waals surface area contributed by atoms with E-state index in [0.29, 0.717) is 5.75 Å². The van der Waals surface area contributed by atoms with Crippen LogP contribution in [0, 0.1) is 0 Å². The Kier molecular flexibility index (Phi) is 2.83. The van der Waals surface area contributed by atoms with Crippen LogP contribution in [0.2, 0.25) is 0 Å². The van der Waals surface area contributed by atoms with Gasteiger partial charge in [-0.2, -0.15) is 0 Å². The monoisotopic (exact) mass is 219 g/mol. The summed E-state index contributed by atoms with van der Waals surface area (Å²) in [6, 6.07) is 5.87. The smallest absolute Gasteiger partial charge is 0.139 e. The highest BCUT2D eigenvalue weighted by atomic mass is 16.3. The van der Waals surface area contributed by atoms with Crippen LogP contribution in [0.25, 0.3) is 0 Å². The number of aromatic hydroxyl groups is 1. The molecule has 1 N–H and O–H groups in total. The molecule has 88 valence electrons. The fourth-order valence-corrected chi connectivity index (χ4v) is 2.41. The summed E-state index contributed by atoms with van der Waals surface area (Å²) in [5.41, 5.74) is 2.37. The Morgan fingerprint density at radius 2 is 1.75 bits per heavy atom. The quantitative estimate of drug-likeness (QED) is 0.783. The minimum absolute atomic E-state index is 0.0800. The Balaban J connectivity index is 2.48. The van der Waals surface area contributed by atoms with E-state index in [2.05, 4.69) is 31.7 Å². The molecular weight excluding hydrogens is 198 g/mol. The molecule has 1 aliphatic heterocycles. The Hall–Kier alpha value is -1.18. The number of benzene rings is 1. The van der Waals surface area contributed by atoms with Crippen molar-refractivity contribution in [3.63, 3.8) is 0 Å². The summed E-state index contributed by atoms with van der Waals surface area (Å²) in [7, 11) is 0. The van der Waals surface area contributed by atoms with Crippen molar-refractivity contribution in [1.29, 1.82) is 0 Å². The van der Waals surface area contributed by atoms with Crippen molar-refractivity contribution >= 4 is 5.69 Å². The molecule has 0 aliphatic carbocycles. The van der Waals surface area contributed by atoms with E-state index in [1.165, 1.54) is 18.4 Å². The SMILES string of the molecule is CC(C)(C)c1cccc(O)c1N1CCCC1. The van der Waals surface area contributed by atoms with Crippen LogP contribution in [-0.4, -0.2) is 18.2 Å². The van der Waals surface area contributed by atoms with E-state index < -0.39 is 0 Å². The van der Waals surface area contributed by atoms with E-state index in [9.17, 15) is 5.11 Å². The summed E-state index contributed by atoms with van der Waals surface area (Å²) in [4.78, 5) is 2.32. The molecule has 2 rings (SSSR count). The van der Waals surface area contributed by atoms with Crippen molar-refractivity contribution in [2.75, 3.05) is 18.0 Å². The molecule has 0 aromatic heterocycles. The van der Waals surface area contributed by atoms with Gasteiger partial charge in [0.2, 0.25) is 0 Å². The van der Waals surface area contributed by atoms with Crippen LogP contribution in [0.3, 0.4) is 0 Å². The lowest BCUT2D eigenvalue weighted by atomic mass is 9.85. The van der Waals surface area contributed by atoms with Crippen molar-refractivity contribution < 1.29 is 5.11 Å². The van der Waals surface area contributed by atoms with Gasteiger partial charge in [0.15, 0.2) is 0 Å². The summed E-state index contributed by atoms with van der Waals surface area (Å²) >= 11 is 0. The third kappa shape index (κ3) is 2.01. The zero-order chi connectivity index (χ0) is 11.8. The third-order valence-electron chi connectivity index (χ3n) is 3.25. The van der Waals surface area contributed by atoms with Crippen LogP contribution in [0.5, 0.6) is 5.75 Å². The van der Waals surface area contributed by atoms with Crippen LogP contribution in [0.15, 0.2) is 18.2 Å². The molecule has 1 aliphatic rings. The molecule has 2 nitrogen and oxygen atoms in total. The van der Waals surface area contributed by atoms with Crippen LogP contribution in [0.1, 0.15) is 39.2 Å². The summed E-state index contributed by atoms with van der Waals surface area (Å²) in [5, 5.41) is 10.1. The molecule has 0 unspecified atom stereocenters. The Labute approximate surface area is 97.9 Å². The zero-order valence-electron chi connectivity index (χ0n) is 10.5. The topological polar surface area (TPSA) is 23.5 Å². The van der Waals surface area contributed by atoms with Gasteiger partial charge in [-0.05, 0) is 29.9 Å². The maximum atomic E-state index is 10.1. The number of phenolic OH excluding ortho intramolecular Hbond substituents is 1. The number of para-hydroxylation sites is 1. The third-order valence-corrected chi connectivity index (χ3v) is 3.25. The largest absolute Gasteiger partial charge is 0.506 e. The summed E-state index contributed by atoms with van der Waals surface area (Å²) in [5.74, 6) is 0.425. The predicted octanol–water partition coefficient (Wildman–Crippen LogP) is 3.29. The fourth-order valence-electron chi connectivity index (χ4n) is 2.41. The standard InChI is InChI=1S/C14H21NO/c1-14(2,3)11-7-6-8-12(16)13(11)15-9-4-5-10-15/h6-8,16H,4-5,9-10H2,1-3H3. The van der Waals surface area contributed by atoms with Crippen molar-refractivity contribution in [3.8, 4) is 5.75 Å². The number of rotatable bonds is 1. The van der Waals surface area contributed by atoms with Gasteiger partial charge < -0.3 is 10.0 Å². The molecule has 1 heterocycles. The Morgan fingerprint density at radius 1 is 1.12 bits per heavy atom. The molecule has 16 heavy (non-hydrogen) atoms. The maximum absolute atomic E-state index is 10.1. The number of hydrogen-bond donors (Lipinski definition) is 1. The van der Waals surface area contributed by atoms with E-state index in [4.69, 9.17) is 0 Å². The second-order valence-electron chi connectivity index (χ2n) is 5.62. The lowest BCUT2D eigenvalue weighted by molar-refractivity contribution is 0.470. The van der Waals surface area contributed by atoms with Crippen molar-refractivity contribution in [2.45, 2.75) is 39.0 Å². The summed E-state index contributed by atoms with van der Waals surface area (Å²) in [6.07, 6.45) is 2.47. The van der Waals surface area contributed by atoms with Crippen LogP contribution >= 0.6 is 0 Å². The van der Waals surface area contributed by atoms with Gasteiger partial charge in [0, 0.05) is 13.1 Å². The predicted molar refractivity (Wildman–Crippen MR) is 68.3 cm³/mol. The van der Waals surface area contributed by atoms with Gasteiger partial charge >= 0.3 is 0 Å². The molecule has 0 saturated carbocycles. The van der Waals surface area contributed by atoms with Gasteiger partial charge in [-0.15, -0.1) is 0 Å². The minimum atomic E-state index is 0.0800. The van der Waals surface area contributed by atoms with Gasteiger partial charge in [0.25, 0.3) is 0 Å². The molecule has 1 saturated heterocycles. The minimum Gasteiger partial charge on any atom is -0.506 e. The van der Waals surface area contributed by atoms with E-state index in [0.717, 1.165) is 18.8 Å². The number of phenols is 1. The van der Waals surface area contributed by atoms with E-state index in [1.54, 1.807) is 6.07 Å². The fraction of sp³-hybridized carbons (Fsp3) is 0.571.